The van der Waals surface area contributed by atoms with E-state index in [2.05, 4.69) is 10.3 Å². The molecule has 6 nitrogen and oxygen atoms in total. The summed E-state index contributed by atoms with van der Waals surface area (Å²) >= 11 is 1.56. The molecule has 27 heavy (non-hydrogen) atoms. The normalized spacial score (nSPS) is 13.4. The summed E-state index contributed by atoms with van der Waals surface area (Å²) in [4.78, 5) is 31.8. The molecule has 1 amide bonds. The van der Waals surface area contributed by atoms with Crippen molar-refractivity contribution in [3.63, 3.8) is 0 Å². The van der Waals surface area contributed by atoms with E-state index in [-0.39, 0.29) is 11.1 Å². The van der Waals surface area contributed by atoms with Crippen molar-refractivity contribution in [1.29, 1.82) is 0 Å². The highest BCUT2D eigenvalue weighted by Crippen LogP contribution is 2.28. The molecule has 1 aliphatic rings. The topological polar surface area (TPSA) is 72.7 Å². The molecule has 0 aliphatic heterocycles. The summed E-state index contributed by atoms with van der Waals surface area (Å²) in [6, 6.07) is 7.55. The van der Waals surface area contributed by atoms with Crippen molar-refractivity contribution in [3.05, 3.63) is 62.5 Å². The fourth-order valence-corrected chi connectivity index (χ4v) is 4.61. The van der Waals surface area contributed by atoms with Crippen molar-refractivity contribution < 1.29 is 9.53 Å². The minimum absolute atomic E-state index is 0.0764. The van der Waals surface area contributed by atoms with Crippen LogP contribution in [0.3, 0.4) is 0 Å². The lowest BCUT2D eigenvalue weighted by atomic mass is 10.0. The number of ether oxygens (including phenoxy) is 1. The van der Waals surface area contributed by atoms with Crippen LogP contribution in [0.5, 0.6) is 5.75 Å². The molecule has 1 aliphatic carbocycles. The van der Waals surface area contributed by atoms with Gasteiger partial charge in [0.15, 0.2) is 4.96 Å². The maximum Gasteiger partial charge on any atom is 0.271 e. The largest absolute Gasteiger partial charge is 0.494 e. The van der Waals surface area contributed by atoms with E-state index in [0.717, 1.165) is 42.7 Å². The third-order valence-electron chi connectivity index (χ3n) is 4.76. The summed E-state index contributed by atoms with van der Waals surface area (Å²) in [6.07, 6.45) is 5.45. The number of fused-ring (bicyclic) bond motifs is 3. The van der Waals surface area contributed by atoms with Crippen LogP contribution in [0.4, 0.5) is 0 Å². The lowest BCUT2D eigenvalue weighted by Gasteiger charge is -2.12. The summed E-state index contributed by atoms with van der Waals surface area (Å²) in [7, 11) is 0. The summed E-state index contributed by atoms with van der Waals surface area (Å²) < 4.78 is 7.21. The maximum absolute atomic E-state index is 12.9. The third kappa shape index (κ3) is 3.35. The Morgan fingerprint density at radius 3 is 2.96 bits per heavy atom. The van der Waals surface area contributed by atoms with Gasteiger partial charge in [-0.3, -0.25) is 14.0 Å². The van der Waals surface area contributed by atoms with E-state index in [1.165, 1.54) is 11.1 Å². The number of thiazole rings is 1. The van der Waals surface area contributed by atoms with Crippen LogP contribution in [-0.2, 0) is 19.4 Å². The molecule has 1 aromatic carbocycles. The van der Waals surface area contributed by atoms with Crippen LogP contribution in [0.1, 0.15) is 46.3 Å². The molecule has 0 spiro atoms. The number of nitrogens with zero attached hydrogens (tertiary/aromatic N) is 2. The highest BCUT2D eigenvalue weighted by atomic mass is 32.1. The van der Waals surface area contributed by atoms with Gasteiger partial charge in [0.2, 0.25) is 0 Å². The highest BCUT2D eigenvalue weighted by molar-refractivity contribution is 7.17. The number of nitrogens with one attached hydrogen (secondary N) is 1. The number of benzene rings is 1. The van der Waals surface area contributed by atoms with Gasteiger partial charge in [-0.25, -0.2) is 4.98 Å². The summed E-state index contributed by atoms with van der Waals surface area (Å²) in [5.41, 5.74) is 1.69. The molecule has 2 aromatic heterocycles. The van der Waals surface area contributed by atoms with Crippen molar-refractivity contribution in [2.45, 2.75) is 39.2 Å². The maximum atomic E-state index is 12.9. The first-order valence-corrected chi connectivity index (χ1v) is 10.0. The van der Waals surface area contributed by atoms with E-state index in [1.807, 2.05) is 31.2 Å². The van der Waals surface area contributed by atoms with Crippen LogP contribution in [0.15, 0.2) is 35.3 Å². The van der Waals surface area contributed by atoms with Crippen molar-refractivity contribution in [1.82, 2.24) is 14.7 Å². The first-order valence-electron chi connectivity index (χ1n) is 9.20. The summed E-state index contributed by atoms with van der Waals surface area (Å²) in [5, 5.41) is 2.82. The molecule has 2 heterocycles. The highest BCUT2D eigenvalue weighted by Gasteiger charge is 2.21. The summed E-state index contributed by atoms with van der Waals surface area (Å²) in [5.74, 6) is 0.321. The van der Waals surface area contributed by atoms with Crippen LogP contribution < -0.4 is 15.6 Å². The van der Waals surface area contributed by atoms with E-state index >= 15 is 0 Å². The van der Waals surface area contributed by atoms with Crippen molar-refractivity contribution in [2.75, 3.05) is 6.61 Å². The zero-order chi connectivity index (χ0) is 18.8. The molecule has 0 unspecified atom stereocenters. The minimum atomic E-state index is -0.413. The fraction of sp³-hybridized carbons (Fsp3) is 0.350. The van der Waals surface area contributed by atoms with Gasteiger partial charge in [-0.15, -0.1) is 11.3 Å². The zero-order valence-electron chi connectivity index (χ0n) is 15.2. The second-order valence-corrected chi connectivity index (χ2v) is 7.56. The van der Waals surface area contributed by atoms with Crippen LogP contribution in [0, 0.1) is 0 Å². The molecule has 0 bridgehead atoms. The Morgan fingerprint density at radius 2 is 2.11 bits per heavy atom. The Labute approximate surface area is 160 Å². The second kappa shape index (κ2) is 7.52. The van der Waals surface area contributed by atoms with Gasteiger partial charge in [-0.2, -0.15) is 0 Å². The average Bonchev–Trinajstić information content (AvgIpc) is 3.07. The van der Waals surface area contributed by atoms with Crippen molar-refractivity contribution in [2.24, 2.45) is 0 Å². The quantitative estimate of drug-likeness (QED) is 0.735. The molecule has 7 heteroatoms. The Balaban J connectivity index is 1.60. The number of hydrogen-bond acceptors (Lipinski definition) is 5. The molecule has 1 N–H and O–H groups in total. The van der Waals surface area contributed by atoms with Gasteiger partial charge >= 0.3 is 0 Å². The average molecular weight is 383 g/mol. The third-order valence-corrected chi connectivity index (χ3v) is 5.92. The molecule has 0 atom stereocenters. The van der Waals surface area contributed by atoms with Crippen LogP contribution >= 0.6 is 11.3 Å². The van der Waals surface area contributed by atoms with Gasteiger partial charge in [-0.1, -0.05) is 18.2 Å². The molecule has 140 valence electrons. The van der Waals surface area contributed by atoms with Gasteiger partial charge in [0.25, 0.3) is 11.5 Å². The minimum Gasteiger partial charge on any atom is -0.494 e. The van der Waals surface area contributed by atoms with E-state index in [4.69, 9.17) is 4.74 Å². The number of carbonyl (C=O) groups excluding carboxylic acids is 1. The van der Waals surface area contributed by atoms with E-state index in [9.17, 15) is 9.59 Å². The Kier molecular flexibility index (Phi) is 4.94. The van der Waals surface area contributed by atoms with Crippen molar-refractivity contribution in [3.8, 4) is 5.75 Å². The predicted molar refractivity (Wildman–Crippen MR) is 105 cm³/mol. The standard InChI is InChI=1S/C20H21N3O3S/c1-2-26-16-9-5-3-7-13(16)11-21-18(24)14-12-22-20-23(19(14)25)15-8-4-6-10-17(15)27-20/h3,5,7,9,12H,2,4,6,8,10-11H2,1H3,(H,21,24). The van der Waals surface area contributed by atoms with Gasteiger partial charge in [0.1, 0.15) is 11.3 Å². The number of rotatable bonds is 5. The number of para-hydroxylation sites is 1. The number of carbonyl (C=O) groups is 1. The van der Waals surface area contributed by atoms with E-state index in [1.54, 1.807) is 15.7 Å². The van der Waals surface area contributed by atoms with Gasteiger partial charge in [0.05, 0.1) is 6.61 Å². The van der Waals surface area contributed by atoms with Gasteiger partial charge in [-0.05, 0) is 38.7 Å². The van der Waals surface area contributed by atoms with Crippen LogP contribution in [0.25, 0.3) is 4.96 Å². The number of hydrogen-bond donors (Lipinski definition) is 1. The zero-order valence-corrected chi connectivity index (χ0v) is 16.0. The number of aryl methyl sites for hydroxylation is 2. The molecule has 0 radical (unpaired) electrons. The van der Waals surface area contributed by atoms with Crippen LogP contribution in [-0.4, -0.2) is 21.9 Å². The SMILES string of the molecule is CCOc1ccccc1CNC(=O)c1cnc2sc3c(n2c1=O)CCCC3. The fourth-order valence-electron chi connectivity index (χ4n) is 3.44. The lowest BCUT2D eigenvalue weighted by molar-refractivity contribution is 0.0948. The predicted octanol–water partition coefficient (Wildman–Crippen LogP) is 2.96. The molecular formula is C20H21N3O3S. The van der Waals surface area contributed by atoms with Crippen LogP contribution in [0.2, 0.25) is 0 Å². The first-order chi connectivity index (χ1) is 13.2. The molecule has 0 fully saturated rings. The second-order valence-electron chi connectivity index (χ2n) is 6.50. The smallest absolute Gasteiger partial charge is 0.271 e. The molecule has 4 rings (SSSR count). The van der Waals surface area contributed by atoms with Gasteiger partial charge in [0, 0.05) is 28.9 Å². The van der Waals surface area contributed by atoms with E-state index in [0.29, 0.717) is 18.1 Å². The van der Waals surface area contributed by atoms with E-state index < -0.39 is 5.91 Å². The number of aromatic nitrogens is 2. The van der Waals surface area contributed by atoms with Gasteiger partial charge < -0.3 is 10.1 Å². The lowest BCUT2D eigenvalue weighted by Crippen LogP contribution is -2.31. The molecule has 0 saturated heterocycles. The molecule has 0 saturated carbocycles. The molecule has 3 aromatic rings. The Morgan fingerprint density at radius 1 is 1.30 bits per heavy atom. The monoisotopic (exact) mass is 383 g/mol. The first kappa shape index (κ1) is 17.7. The Bertz CT molecular complexity index is 1050. The molecular weight excluding hydrogens is 362 g/mol. The summed E-state index contributed by atoms with van der Waals surface area (Å²) in [6.45, 7) is 2.76. The van der Waals surface area contributed by atoms with Crippen molar-refractivity contribution >= 4 is 22.2 Å². The Hall–Kier alpha value is -2.67. The number of amides is 1.